The number of carbonyl (C=O) groups is 2. The maximum atomic E-state index is 13.2. The van der Waals surface area contributed by atoms with E-state index in [4.69, 9.17) is 14.2 Å². The molecule has 0 spiro atoms. The summed E-state index contributed by atoms with van der Waals surface area (Å²) in [5.41, 5.74) is 3.45. The summed E-state index contributed by atoms with van der Waals surface area (Å²) < 4.78 is 16.7. The standard InChI is InChI=1S/C24H31NO5/c1-5-6-7-14-30-24(27)20-15(2)25-17-11-9-12-18(26)22(17)21(20)16-10-8-13-19(28-3)23(16)29-4/h8,10,13,21,25H,5-7,9,11-12,14H2,1-4H3/t21-/m0/s1. The van der Waals surface area contributed by atoms with Crippen LogP contribution in [0.4, 0.5) is 0 Å². The van der Waals surface area contributed by atoms with Crippen LogP contribution in [0.15, 0.2) is 40.7 Å². The van der Waals surface area contributed by atoms with E-state index >= 15 is 0 Å². The molecular formula is C24H31NO5. The van der Waals surface area contributed by atoms with Crippen molar-refractivity contribution in [3.63, 3.8) is 0 Å². The van der Waals surface area contributed by atoms with Gasteiger partial charge in [-0.05, 0) is 32.3 Å². The maximum absolute atomic E-state index is 13.2. The van der Waals surface area contributed by atoms with Crippen molar-refractivity contribution in [2.45, 2.75) is 58.3 Å². The predicted molar refractivity (Wildman–Crippen MR) is 114 cm³/mol. The lowest BCUT2D eigenvalue weighted by Gasteiger charge is -2.34. The monoisotopic (exact) mass is 413 g/mol. The topological polar surface area (TPSA) is 73.9 Å². The fraction of sp³-hybridized carbons (Fsp3) is 0.500. The quantitative estimate of drug-likeness (QED) is 0.503. The number of unbranched alkanes of at least 4 members (excludes halogenated alkanes) is 2. The first kappa shape index (κ1) is 21.9. The second-order valence-electron chi connectivity index (χ2n) is 7.69. The summed E-state index contributed by atoms with van der Waals surface area (Å²) in [5, 5.41) is 3.31. The van der Waals surface area contributed by atoms with E-state index in [1.54, 1.807) is 20.3 Å². The average Bonchev–Trinajstić information content (AvgIpc) is 2.75. The van der Waals surface area contributed by atoms with E-state index in [1.807, 2.05) is 19.1 Å². The first-order valence-electron chi connectivity index (χ1n) is 10.7. The lowest BCUT2D eigenvalue weighted by molar-refractivity contribution is -0.139. The molecule has 0 aromatic heterocycles. The number of ether oxygens (including phenoxy) is 3. The smallest absolute Gasteiger partial charge is 0.336 e. The number of Topliss-reactive ketones (excluding diaryl/α,β-unsaturated/α-hetero) is 1. The molecule has 1 aromatic carbocycles. The molecule has 0 saturated carbocycles. The number of methoxy groups -OCH3 is 2. The van der Waals surface area contributed by atoms with E-state index in [2.05, 4.69) is 12.2 Å². The Bertz CT molecular complexity index is 884. The summed E-state index contributed by atoms with van der Waals surface area (Å²) in [5.74, 6) is 0.213. The highest BCUT2D eigenvalue weighted by Crippen LogP contribution is 2.47. The first-order valence-corrected chi connectivity index (χ1v) is 10.7. The van der Waals surface area contributed by atoms with Gasteiger partial charge in [0.25, 0.3) is 0 Å². The minimum absolute atomic E-state index is 0.0578. The molecule has 2 aliphatic rings. The first-order chi connectivity index (χ1) is 14.5. The fourth-order valence-electron chi connectivity index (χ4n) is 4.30. The van der Waals surface area contributed by atoms with Crippen molar-refractivity contribution in [3.8, 4) is 11.5 Å². The van der Waals surface area contributed by atoms with Gasteiger partial charge in [0.05, 0.1) is 32.3 Å². The van der Waals surface area contributed by atoms with E-state index in [1.165, 1.54) is 0 Å². The van der Waals surface area contributed by atoms with E-state index in [-0.39, 0.29) is 5.78 Å². The van der Waals surface area contributed by atoms with Gasteiger partial charge in [0, 0.05) is 29.0 Å². The Morgan fingerprint density at radius 2 is 1.97 bits per heavy atom. The second kappa shape index (κ2) is 9.83. The van der Waals surface area contributed by atoms with Crippen molar-refractivity contribution in [2.75, 3.05) is 20.8 Å². The molecule has 0 bridgehead atoms. The van der Waals surface area contributed by atoms with E-state index in [9.17, 15) is 9.59 Å². The lowest BCUT2D eigenvalue weighted by Crippen LogP contribution is -2.34. The number of hydrogen-bond acceptors (Lipinski definition) is 6. The van der Waals surface area contributed by atoms with Crippen molar-refractivity contribution in [1.29, 1.82) is 0 Å². The highest BCUT2D eigenvalue weighted by atomic mass is 16.5. The molecule has 0 unspecified atom stereocenters. The van der Waals surface area contributed by atoms with Crippen LogP contribution in [0.3, 0.4) is 0 Å². The Labute approximate surface area is 178 Å². The van der Waals surface area contributed by atoms with Crippen molar-refractivity contribution in [2.24, 2.45) is 0 Å². The largest absolute Gasteiger partial charge is 0.493 e. The summed E-state index contributed by atoms with van der Waals surface area (Å²) >= 11 is 0. The fourth-order valence-corrected chi connectivity index (χ4v) is 4.30. The SMILES string of the molecule is CCCCCOC(=O)C1=C(C)NC2=C(C(=O)CCC2)[C@H]1c1cccc(OC)c1OC. The second-order valence-corrected chi connectivity index (χ2v) is 7.69. The van der Waals surface area contributed by atoms with Crippen LogP contribution in [-0.4, -0.2) is 32.6 Å². The molecule has 0 saturated heterocycles. The average molecular weight is 414 g/mol. The van der Waals surface area contributed by atoms with Crippen LogP contribution in [0.2, 0.25) is 0 Å². The van der Waals surface area contributed by atoms with Crippen molar-refractivity contribution in [3.05, 3.63) is 46.3 Å². The van der Waals surface area contributed by atoms with Crippen molar-refractivity contribution < 1.29 is 23.8 Å². The number of dihydropyridines is 1. The number of rotatable bonds is 8. The molecule has 1 N–H and O–H groups in total. The van der Waals surface area contributed by atoms with E-state index in [0.717, 1.165) is 49.1 Å². The summed E-state index contributed by atoms with van der Waals surface area (Å²) in [7, 11) is 3.14. The molecule has 0 radical (unpaired) electrons. The molecule has 3 rings (SSSR count). The Hall–Kier alpha value is -2.76. The van der Waals surface area contributed by atoms with Gasteiger partial charge in [0.2, 0.25) is 0 Å². The van der Waals surface area contributed by atoms with Crippen LogP contribution in [0.25, 0.3) is 0 Å². The molecule has 6 heteroatoms. The Balaban J connectivity index is 2.09. The van der Waals surface area contributed by atoms with Crippen molar-refractivity contribution >= 4 is 11.8 Å². The van der Waals surface area contributed by atoms with Gasteiger partial charge in [-0.1, -0.05) is 31.9 Å². The van der Waals surface area contributed by atoms with Crippen LogP contribution in [0.5, 0.6) is 11.5 Å². The van der Waals surface area contributed by atoms with Gasteiger partial charge in [0.15, 0.2) is 17.3 Å². The summed E-state index contributed by atoms with van der Waals surface area (Å²) in [6.07, 6.45) is 4.93. The summed E-state index contributed by atoms with van der Waals surface area (Å²) in [6, 6.07) is 5.55. The van der Waals surface area contributed by atoms with Gasteiger partial charge >= 0.3 is 5.97 Å². The molecule has 0 amide bonds. The van der Waals surface area contributed by atoms with Gasteiger partial charge < -0.3 is 19.5 Å². The zero-order valence-electron chi connectivity index (χ0n) is 18.3. The highest BCUT2D eigenvalue weighted by Gasteiger charge is 2.40. The number of hydrogen-bond donors (Lipinski definition) is 1. The van der Waals surface area contributed by atoms with Crippen molar-refractivity contribution in [1.82, 2.24) is 5.32 Å². The minimum Gasteiger partial charge on any atom is -0.493 e. The van der Waals surface area contributed by atoms with Crippen LogP contribution >= 0.6 is 0 Å². The molecule has 1 atom stereocenters. The molecule has 0 fully saturated rings. The van der Waals surface area contributed by atoms with Gasteiger partial charge in [-0.15, -0.1) is 0 Å². The Morgan fingerprint density at radius 3 is 2.67 bits per heavy atom. The Morgan fingerprint density at radius 1 is 1.17 bits per heavy atom. The number of nitrogens with one attached hydrogen (secondary N) is 1. The minimum atomic E-state index is -0.544. The number of benzene rings is 1. The third-order valence-electron chi connectivity index (χ3n) is 5.72. The molecule has 162 valence electrons. The molecule has 30 heavy (non-hydrogen) atoms. The number of carbonyl (C=O) groups excluding carboxylic acids is 2. The molecule has 6 nitrogen and oxygen atoms in total. The Kier molecular flexibility index (Phi) is 7.19. The molecule has 1 aromatic rings. The third kappa shape index (κ3) is 4.23. The van der Waals surface area contributed by atoms with E-state index in [0.29, 0.717) is 35.7 Å². The molecule has 1 heterocycles. The zero-order valence-corrected chi connectivity index (χ0v) is 18.3. The summed E-state index contributed by atoms with van der Waals surface area (Å²) in [6.45, 7) is 4.34. The maximum Gasteiger partial charge on any atom is 0.336 e. The summed E-state index contributed by atoms with van der Waals surface area (Å²) in [4.78, 5) is 26.2. The van der Waals surface area contributed by atoms with Gasteiger partial charge in [0.1, 0.15) is 0 Å². The van der Waals surface area contributed by atoms with Crippen LogP contribution in [0, 0.1) is 0 Å². The van der Waals surface area contributed by atoms with E-state index < -0.39 is 11.9 Å². The number of para-hydroxylation sites is 1. The van der Waals surface area contributed by atoms with Gasteiger partial charge in [-0.25, -0.2) is 4.79 Å². The third-order valence-corrected chi connectivity index (χ3v) is 5.72. The number of ketones is 1. The van der Waals surface area contributed by atoms with Crippen LogP contribution < -0.4 is 14.8 Å². The van der Waals surface area contributed by atoms with Crippen LogP contribution in [-0.2, 0) is 14.3 Å². The molecule has 1 aliphatic carbocycles. The van der Waals surface area contributed by atoms with Gasteiger partial charge in [-0.2, -0.15) is 0 Å². The predicted octanol–water partition coefficient (Wildman–Crippen LogP) is 4.41. The number of allylic oxidation sites excluding steroid dienone is 3. The normalized spacial score (nSPS) is 18.7. The van der Waals surface area contributed by atoms with Crippen LogP contribution in [0.1, 0.15) is 63.9 Å². The highest BCUT2D eigenvalue weighted by molar-refractivity contribution is 6.04. The number of esters is 1. The lowest BCUT2D eigenvalue weighted by atomic mass is 9.75. The van der Waals surface area contributed by atoms with Gasteiger partial charge in [-0.3, -0.25) is 4.79 Å². The zero-order chi connectivity index (χ0) is 21.7. The molecular weight excluding hydrogens is 382 g/mol. The molecule has 1 aliphatic heterocycles.